The molecule has 0 bridgehead atoms. The Bertz CT molecular complexity index is 1280. The minimum absolute atomic E-state index is 0.314. The van der Waals surface area contributed by atoms with Gasteiger partial charge in [0.25, 0.3) is 0 Å². The molecule has 2 N–H and O–H groups in total. The Kier molecular flexibility index (Phi) is 6.69. The van der Waals surface area contributed by atoms with E-state index in [1.807, 2.05) is 24.4 Å². The van der Waals surface area contributed by atoms with Crippen molar-refractivity contribution < 1.29 is 5.11 Å². The average Bonchev–Trinajstić information content (AvgIpc) is 3.09. The Hall–Kier alpha value is -3.25. The number of aliphatic hydroxyl groups excluding tert-OH is 1. The van der Waals surface area contributed by atoms with Crippen LogP contribution in [0.5, 0.6) is 0 Å². The zero-order valence-corrected chi connectivity index (χ0v) is 20.7. The van der Waals surface area contributed by atoms with Gasteiger partial charge in [0.15, 0.2) is 0 Å². The number of pyridine rings is 1. The van der Waals surface area contributed by atoms with Gasteiger partial charge in [0.2, 0.25) is 0 Å². The quantitative estimate of drug-likeness (QED) is 0.427. The molecule has 0 spiro atoms. The molecule has 2 heterocycles. The molecular formula is C31H34N4O. The van der Waals surface area contributed by atoms with Crippen LogP contribution in [0, 0.1) is 0 Å². The van der Waals surface area contributed by atoms with Crippen molar-refractivity contribution in [3.63, 3.8) is 0 Å². The molecule has 0 radical (unpaired) electrons. The van der Waals surface area contributed by atoms with Crippen molar-refractivity contribution in [3.8, 4) is 0 Å². The highest BCUT2D eigenvalue weighted by Gasteiger charge is 2.31. The van der Waals surface area contributed by atoms with E-state index in [1.54, 1.807) is 0 Å². The number of aryl methyl sites for hydroxylation is 2. The lowest BCUT2D eigenvalue weighted by Crippen LogP contribution is -2.50. The molecule has 1 fully saturated rings. The Balaban J connectivity index is 1.10. The number of rotatable bonds is 6. The Morgan fingerprint density at radius 1 is 0.806 bits per heavy atom. The van der Waals surface area contributed by atoms with Gasteiger partial charge in [-0.1, -0.05) is 54.6 Å². The van der Waals surface area contributed by atoms with Crippen LogP contribution in [0.2, 0.25) is 0 Å². The van der Waals surface area contributed by atoms with E-state index >= 15 is 0 Å². The summed E-state index contributed by atoms with van der Waals surface area (Å²) in [6.45, 7) is 5.15. The van der Waals surface area contributed by atoms with Crippen molar-refractivity contribution in [1.82, 2.24) is 14.8 Å². The minimum Gasteiger partial charge on any atom is -0.390 e. The maximum absolute atomic E-state index is 10.8. The van der Waals surface area contributed by atoms with Gasteiger partial charge >= 0.3 is 0 Å². The predicted molar refractivity (Wildman–Crippen MR) is 146 cm³/mol. The van der Waals surface area contributed by atoms with Crippen LogP contribution in [0.25, 0.3) is 10.9 Å². The molecule has 0 amide bonds. The molecule has 1 aromatic heterocycles. The van der Waals surface area contributed by atoms with Gasteiger partial charge < -0.3 is 10.4 Å². The van der Waals surface area contributed by atoms with Gasteiger partial charge in [-0.05, 0) is 59.4 Å². The van der Waals surface area contributed by atoms with E-state index in [1.165, 1.54) is 22.3 Å². The molecule has 1 saturated heterocycles. The summed E-state index contributed by atoms with van der Waals surface area (Å²) in [7, 11) is 0. The van der Waals surface area contributed by atoms with E-state index in [0.29, 0.717) is 19.1 Å². The molecule has 5 nitrogen and oxygen atoms in total. The van der Waals surface area contributed by atoms with Crippen LogP contribution in [-0.4, -0.2) is 65.3 Å². The van der Waals surface area contributed by atoms with Crippen LogP contribution >= 0.6 is 0 Å². The van der Waals surface area contributed by atoms with E-state index in [2.05, 4.69) is 80.8 Å². The first-order valence-corrected chi connectivity index (χ1v) is 13.1. The van der Waals surface area contributed by atoms with Gasteiger partial charge in [0.05, 0.1) is 17.7 Å². The zero-order chi connectivity index (χ0) is 24.3. The van der Waals surface area contributed by atoms with Crippen molar-refractivity contribution in [2.45, 2.75) is 25.0 Å². The lowest BCUT2D eigenvalue weighted by molar-refractivity contribution is 0.0671. The van der Waals surface area contributed by atoms with Gasteiger partial charge in [0, 0.05) is 56.5 Å². The monoisotopic (exact) mass is 478 g/mol. The van der Waals surface area contributed by atoms with Crippen molar-refractivity contribution in [3.05, 3.63) is 107 Å². The average molecular weight is 479 g/mol. The lowest BCUT2D eigenvalue weighted by Gasteiger charge is -2.40. The third-order valence-electron chi connectivity index (χ3n) is 7.78. The highest BCUT2D eigenvalue weighted by atomic mass is 16.3. The van der Waals surface area contributed by atoms with Crippen LogP contribution < -0.4 is 5.32 Å². The fourth-order valence-corrected chi connectivity index (χ4v) is 5.94. The number of nitrogens with one attached hydrogen (secondary N) is 1. The highest BCUT2D eigenvalue weighted by molar-refractivity contribution is 5.91. The number of piperazine rings is 1. The van der Waals surface area contributed by atoms with E-state index in [9.17, 15) is 5.11 Å². The highest BCUT2D eigenvalue weighted by Crippen LogP contribution is 2.37. The third kappa shape index (κ3) is 4.74. The summed E-state index contributed by atoms with van der Waals surface area (Å²) in [5.41, 5.74) is 7.87. The predicted octanol–water partition coefficient (Wildman–Crippen LogP) is 4.51. The number of benzene rings is 3. The molecule has 1 aliphatic heterocycles. The number of aliphatic hydroxyl groups is 1. The Labute approximate surface area is 213 Å². The minimum atomic E-state index is -0.428. The fourth-order valence-electron chi connectivity index (χ4n) is 5.94. The number of hydrogen-bond acceptors (Lipinski definition) is 5. The van der Waals surface area contributed by atoms with Crippen molar-refractivity contribution in [2.24, 2.45) is 0 Å². The SMILES string of the molecule is OC(CNc1cccc2ncccc12)CN1CCN(C2c3ccccc3CCc3ccccc32)CC1. The summed E-state index contributed by atoms with van der Waals surface area (Å²) < 4.78 is 0. The molecular weight excluding hydrogens is 444 g/mol. The molecule has 1 unspecified atom stereocenters. The van der Waals surface area contributed by atoms with Crippen LogP contribution in [-0.2, 0) is 12.8 Å². The van der Waals surface area contributed by atoms with Gasteiger partial charge in [-0.2, -0.15) is 0 Å². The van der Waals surface area contributed by atoms with Gasteiger partial charge in [-0.15, -0.1) is 0 Å². The second-order valence-electron chi connectivity index (χ2n) is 10.0. The van der Waals surface area contributed by atoms with E-state index < -0.39 is 6.10 Å². The summed E-state index contributed by atoms with van der Waals surface area (Å²) in [4.78, 5) is 9.48. The lowest BCUT2D eigenvalue weighted by atomic mass is 9.92. The standard InChI is InChI=1S/C31H34N4O/c36-25(21-33-30-13-5-12-29-28(30)11-6-16-32-29)22-34-17-19-35(20-18-34)31-26-9-3-1-7-23(26)14-15-24-8-2-4-10-27(24)31/h1-13,16,25,31,33,36H,14-15,17-22H2. The summed E-state index contributed by atoms with van der Waals surface area (Å²) in [5, 5.41) is 15.3. The summed E-state index contributed by atoms with van der Waals surface area (Å²) in [5.74, 6) is 0. The first kappa shape index (κ1) is 23.2. The maximum Gasteiger partial charge on any atom is 0.0839 e. The topological polar surface area (TPSA) is 51.6 Å². The molecule has 1 atom stereocenters. The van der Waals surface area contributed by atoms with Crippen LogP contribution in [0.3, 0.4) is 0 Å². The molecule has 36 heavy (non-hydrogen) atoms. The van der Waals surface area contributed by atoms with E-state index in [4.69, 9.17) is 0 Å². The third-order valence-corrected chi connectivity index (χ3v) is 7.78. The van der Waals surface area contributed by atoms with Crippen molar-refractivity contribution >= 4 is 16.6 Å². The summed E-state index contributed by atoms with van der Waals surface area (Å²) in [6, 6.07) is 28.4. The normalized spacial score (nSPS) is 17.8. The smallest absolute Gasteiger partial charge is 0.0839 e. The number of fused-ring (bicyclic) bond motifs is 3. The number of aromatic nitrogens is 1. The zero-order valence-electron chi connectivity index (χ0n) is 20.7. The van der Waals surface area contributed by atoms with Gasteiger partial charge in [0.1, 0.15) is 0 Å². The second kappa shape index (κ2) is 10.4. The molecule has 5 heteroatoms. The molecule has 0 saturated carbocycles. The van der Waals surface area contributed by atoms with E-state index in [-0.39, 0.29) is 0 Å². The first-order valence-electron chi connectivity index (χ1n) is 13.1. The molecule has 1 aliphatic carbocycles. The van der Waals surface area contributed by atoms with Crippen molar-refractivity contribution in [1.29, 1.82) is 0 Å². The number of hydrogen-bond donors (Lipinski definition) is 2. The van der Waals surface area contributed by atoms with E-state index in [0.717, 1.165) is 55.6 Å². The Morgan fingerprint density at radius 3 is 2.22 bits per heavy atom. The number of anilines is 1. The van der Waals surface area contributed by atoms with Gasteiger partial charge in [-0.25, -0.2) is 0 Å². The Morgan fingerprint density at radius 2 is 1.50 bits per heavy atom. The second-order valence-corrected chi connectivity index (χ2v) is 10.0. The summed E-state index contributed by atoms with van der Waals surface area (Å²) >= 11 is 0. The van der Waals surface area contributed by atoms with Crippen LogP contribution in [0.1, 0.15) is 28.3 Å². The summed E-state index contributed by atoms with van der Waals surface area (Å²) in [6.07, 6.45) is 3.60. The van der Waals surface area contributed by atoms with Crippen molar-refractivity contribution in [2.75, 3.05) is 44.6 Å². The van der Waals surface area contributed by atoms with Gasteiger partial charge in [-0.3, -0.25) is 14.8 Å². The molecule has 6 rings (SSSR count). The number of β-amino-alcohol motifs (C(OH)–C–C–N with tert-alkyl or cyclic N) is 1. The first-order chi connectivity index (χ1) is 17.8. The molecule has 4 aromatic rings. The molecule has 2 aliphatic rings. The maximum atomic E-state index is 10.8. The molecule has 3 aromatic carbocycles. The fraction of sp³-hybridized carbons (Fsp3) is 0.323. The van der Waals surface area contributed by atoms with Crippen LogP contribution in [0.4, 0.5) is 5.69 Å². The largest absolute Gasteiger partial charge is 0.390 e. The molecule has 184 valence electrons. The van der Waals surface area contributed by atoms with Crippen LogP contribution in [0.15, 0.2) is 85.1 Å². The number of nitrogens with zero attached hydrogens (tertiary/aromatic N) is 3.